The van der Waals surface area contributed by atoms with Gasteiger partial charge in [0.2, 0.25) is 0 Å². The monoisotopic (exact) mass is 195 g/mol. The van der Waals surface area contributed by atoms with Gasteiger partial charge in [0.15, 0.2) is 6.29 Å². The molecular formula is C10H17N3O. The first kappa shape index (κ1) is 10.9. The summed E-state index contributed by atoms with van der Waals surface area (Å²) < 4.78 is 1.82. The van der Waals surface area contributed by atoms with Crippen LogP contribution >= 0.6 is 0 Å². The van der Waals surface area contributed by atoms with Gasteiger partial charge < -0.3 is 0 Å². The van der Waals surface area contributed by atoms with E-state index in [4.69, 9.17) is 0 Å². The van der Waals surface area contributed by atoms with Crippen molar-refractivity contribution in [3.8, 4) is 0 Å². The van der Waals surface area contributed by atoms with Gasteiger partial charge in [-0.1, -0.05) is 32.9 Å². The van der Waals surface area contributed by atoms with Crippen LogP contribution in [0, 0.1) is 0 Å². The second-order valence-electron chi connectivity index (χ2n) is 4.41. The molecule has 0 aliphatic heterocycles. The van der Waals surface area contributed by atoms with Crippen LogP contribution in [-0.4, -0.2) is 21.3 Å². The predicted molar refractivity (Wildman–Crippen MR) is 54.4 cm³/mol. The van der Waals surface area contributed by atoms with E-state index in [1.54, 1.807) is 0 Å². The van der Waals surface area contributed by atoms with E-state index in [-0.39, 0.29) is 5.41 Å². The number of carbonyl (C=O) groups is 1. The Morgan fingerprint density at radius 1 is 1.43 bits per heavy atom. The van der Waals surface area contributed by atoms with Crippen molar-refractivity contribution in [2.45, 2.75) is 46.1 Å². The standard InChI is InChI=1S/C10H17N3O/c1-5-6-13-9(10(2,3)4)8(7-14)11-12-13/h7H,5-6H2,1-4H3. The third kappa shape index (κ3) is 2.00. The van der Waals surface area contributed by atoms with Gasteiger partial charge in [0, 0.05) is 12.0 Å². The maximum Gasteiger partial charge on any atom is 0.172 e. The Morgan fingerprint density at radius 2 is 2.07 bits per heavy atom. The molecule has 1 heterocycles. The van der Waals surface area contributed by atoms with Crippen molar-refractivity contribution in [2.24, 2.45) is 0 Å². The molecule has 0 unspecified atom stereocenters. The molecule has 14 heavy (non-hydrogen) atoms. The van der Waals surface area contributed by atoms with Gasteiger partial charge in [0.05, 0.1) is 5.69 Å². The zero-order chi connectivity index (χ0) is 10.8. The summed E-state index contributed by atoms with van der Waals surface area (Å²) in [6, 6.07) is 0. The van der Waals surface area contributed by atoms with Crippen LogP contribution in [0.3, 0.4) is 0 Å². The van der Waals surface area contributed by atoms with Gasteiger partial charge in [-0.15, -0.1) is 5.10 Å². The van der Waals surface area contributed by atoms with Crippen LogP contribution < -0.4 is 0 Å². The van der Waals surface area contributed by atoms with Crippen molar-refractivity contribution in [1.82, 2.24) is 15.0 Å². The van der Waals surface area contributed by atoms with E-state index in [9.17, 15) is 4.79 Å². The molecule has 0 radical (unpaired) electrons. The highest BCUT2D eigenvalue weighted by Gasteiger charge is 2.24. The molecule has 0 aliphatic carbocycles. The minimum Gasteiger partial charge on any atom is -0.296 e. The first-order valence-electron chi connectivity index (χ1n) is 4.89. The number of carbonyl (C=O) groups excluding carboxylic acids is 1. The van der Waals surface area contributed by atoms with Gasteiger partial charge in [-0.3, -0.25) is 4.79 Å². The lowest BCUT2D eigenvalue weighted by Gasteiger charge is -2.19. The molecule has 0 N–H and O–H groups in total. The molecule has 1 aromatic heterocycles. The van der Waals surface area contributed by atoms with Crippen LogP contribution in [0.5, 0.6) is 0 Å². The summed E-state index contributed by atoms with van der Waals surface area (Å²) in [6.07, 6.45) is 1.77. The van der Waals surface area contributed by atoms with Crippen molar-refractivity contribution in [3.63, 3.8) is 0 Å². The molecule has 78 valence electrons. The number of hydrogen-bond donors (Lipinski definition) is 0. The highest BCUT2D eigenvalue weighted by atomic mass is 16.1. The van der Waals surface area contributed by atoms with Crippen LogP contribution in [0.15, 0.2) is 0 Å². The fourth-order valence-electron chi connectivity index (χ4n) is 1.55. The van der Waals surface area contributed by atoms with Crippen molar-refractivity contribution in [2.75, 3.05) is 0 Å². The van der Waals surface area contributed by atoms with Gasteiger partial charge in [-0.25, -0.2) is 4.68 Å². The molecule has 0 spiro atoms. The molecular weight excluding hydrogens is 178 g/mol. The van der Waals surface area contributed by atoms with Gasteiger partial charge in [-0.05, 0) is 6.42 Å². The topological polar surface area (TPSA) is 47.8 Å². The molecule has 0 saturated heterocycles. The average molecular weight is 195 g/mol. The average Bonchev–Trinajstić information content (AvgIpc) is 2.47. The lowest BCUT2D eigenvalue weighted by Crippen LogP contribution is -2.20. The first-order chi connectivity index (χ1) is 6.50. The highest BCUT2D eigenvalue weighted by molar-refractivity contribution is 5.73. The van der Waals surface area contributed by atoms with E-state index < -0.39 is 0 Å². The van der Waals surface area contributed by atoms with Gasteiger partial charge in [-0.2, -0.15) is 0 Å². The molecule has 0 saturated carbocycles. The Bertz CT molecular complexity index is 323. The zero-order valence-electron chi connectivity index (χ0n) is 9.24. The molecule has 1 rings (SSSR count). The molecule has 4 heteroatoms. The lowest BCUT2D eigenvalue weighted by atomic mass is 9.90. The minimum atomic E-state index is -0.0884. The van der Waals surface area contributed by atoms with Crippen LogP contribution in [-0.2, 0) is 12.0 Å². The summed E-state index contributed by atoms with van der Waals surface area (Å²) in [6.45, 7) is 9.07. The summed E-state index contributed by atoms with van der Waals surface area (Å²) in [5.74, 6) is 0. The summed E-state index contributed by atoms with van der Waals surface area (Å²) in [4.78, 5) is 10.8. The van der Waals surface area contributed by atoms with Gasteiger partial charge in [0.1, 0.15) is 5.69 Å². The quantitative estimate of drug-likeness (QED) is 0.691. The minimum absolute atomic E-state index is 0.0884. The number of aryl methyl sites for hydroxylation is 1. The first-order valence-corrected chi connectivity index (χ1v) is 4.89. The van der Waals surface area contributed by atoms with Crippen molar-refractivity contribution in [3.05, 3.63) is 11.4 Å². The van der Waals surface area contributed by atoms with Crippen molar-refractivity contribution in [1.29, 1.82) is 0 Å². The van der Waals surface area contributed by atoms with Gasteiger partial charge in [0.25, 0.3) is 0 Å². The molecule has 0 aromatic carbocycles. The third-order valence-corrected chi connectivity index (χ3v) is 2.02. The Morgan fingerprint density at radius 3 is 2.50 bits per heavy atom. The third-order valence-electron chi connectivity index (χ3n) is 2.02. The van der Waals surface area contributed by atoms with E-state index in [2.05, 4.69) is 38.0 Å². The Kier molecular flexibility index (Phi) is 3.03. The highest BCUT2D eigenvalue weighted by Crippen LogP contribution is 2.23. The Labute approximate surface area is 84.3 Å². The number of rotatable bonds is 3. The lowest BCUT2D eigenvalue weighted by molar-refractivity contribution is 0.111. The SMILES string of the molecule is CCCn1nnc(C=O)c1C(C)(C)C. The van der Waals surface area contributed by atoms with Crippen molar-refractivity contribution < 1.29 is 4.79 Å². The van der Waals surface area contributed by atoms with Crippen LogP contribution in [0.1, 0.15) is 50.3 Å². The summed E-state index contributed by atoms with van der Waals surface area (Å²) in [7, 11) is 0. The molecule has 0 bridgehead atoms. The molecule has 0 amide bonds. The number of aromatic nitrogens is 3. The summed E-state index contributed by atoms with van der Waals surface area (Å²) in [5.41, 5.74) is 1.30. The van der Waals surface area contributed by atoms with Crippen molar-refractivity contribution >= 4 is 6.29 Å². The largest absolute Gasteiger partial charge is 0.296 e. The second kappa shape index (κ2) is 3.90. The molecule has 0 atom stereocenters. The predicted octanol–water partition coefficient (Wildman–Crippen LogP) is 1.80. The molecule has 1 aromatic rings. The second-order valence-corrected chi connectivity index (χ2v) is 4.41. The van der Waals surface area contributed by atoms with Gasteiger partial charge >= 0.3 is 0 Å². The van der Waals surface area contributed by atoms with Crippen LogP contribution in [0.2, 0.25) is 0 Å². The number of nitrogens with zero attached hydrogens (tertiary/aromatic N) is 3. The van der Waals surface area contributed by atoms with E-state index in [0.717, 1.165) is 24.9 Å². The van der Waals surface area contributed by atoms with Crippen LogP contribution in [0.4, 0.5) is 0 Å². The Balaban J connectivity index is 3.19. The number of aldehydes is 1. The van der Waals surface area contributed by atoms with E-state index in [1.165, 1.54) is 0 Å². The fourth-order valence-corrected chi connectivity index (χ4v) is 1.55. The van der Waals surface area contributed by atoms with E-state index >= 15 is 0 Å². The molecule has 4 nitrogen and oxygen atoms in total. The normalized spacial score (nSPS) is 11.7. The Hall–Kier alpha value is -1.19. The number of hydrogen-bond acceptors (Lipinski definition) is 3. The molecule has 0 fully saturated rings. The summed E-state index contributed by atoms with van der Waals surface area (Å²) in [5, 5.41) is 7.84. The molecule has 0 aliphatic rings. The maximum atomic E-state index is 10.8. The van der Waals surface area contributed by atoms with E-state index in [1.807, 2.05) is 4.68 Å². The zero-order valence-corrected chi connectivity index (χ0v) is 9.24. The maximum absolute atomic E-state index is 10.8. The summed E-state index contributed by atoms with van der Waals surface area (Å²) >= 11 is 0. The fraction of sp³-hybridized carbons (Fsp3) is 0.700. The van der Waals surface area contributed by atoms with E-state index in [0.29, 0.717) is 5.69 Å². The smallest absolute Gasteiger partial charge is 0.172 e. The van der Waals surface area contributed by atoms with Crippen LogP contribution in [0.25, 0.3) is 0 Å².